The van der Waals surface area contributed by atoms with E-state index < -0.39 is 5.60 Å². The van der Waals surface area contributed by atoms with Crippen molar-refractivity contribution in [1.82, 2.24) is 4.90 Å². The summed E-state index contributed by atoms with van der Waals surface area (Å²) in [6.45, 7) is 13.5. The number of piperidine rings is 1. The van der Waals surface area contributed by atoms with E-state index in [1.807, 2.05) is 49.9 Å². The summed E-state index contributed by atoms with van der Waals surface area (Å²) in [7, 11) is 0. The second kappa shape index (κ2) is 5.86. The number of rotatable bonds is 2. The molecule has 2 fully saturated rings. The summed E-state index contributed by atoms with van der Waals surface area (Å²) in [5.74, 6) is 0.478. The highest BCUT2D eigenvalue weighted by Gasteiger charge is 2.61. The summed E-state index contributed by atoms with van der Waals surface area (Å²) in [5, 5.41) is 0. The van der Waals surface area contributed by atoms with Crippen molar-refractivity contribution in [2.75, 3.05) is 13.1 Å². The molecule has 0 radical (unpaired) electrons. The van der Waals surface area contributed by atoms with Crippen molar-refractivity contribution in [2.24, 2.45) is 17.8 Å². The summed E-state index contributed by atoms with van der Waals surface area (Å²) in [5.41, 5.74) is 1.58. The maximum absolute atomic E-state index is 12.7. The van der Waals surface area contributed by atoms with Crippen molar-refractivity contribution in [2.45, 2.75) is 52.6 Å². The molecule has 1 aromatic rings. The Balaban J connectivity index is 1.58. The zero-order chi connectivity index (χ0) is 18.6. The normalized spacial score (nSPS) is 25.5. The molecule has 1 aromatic carbocycles. The molecule has 1 saturated carbocycles. The van der Waals surface area contributed by atoms with Gasteiger partial charge in [-0.1, -0.05) is 32.9 Å². The number of carbonyl (C=O) groups excluding carboxylic acids is 2. The van der Waals surface area contributed by atoms with Gasteiger partial charge in [-0.2, -0.15) is 0 Å². The SMILES string of the molecule is CC(C)(C)OC(=O)C1C2CN(C(=O)c3ccc(C(C)(C)C)cc3)C[C@@H]21. The molecule has 2 aliphatic rings. The highest BCUT2D eigenvalue weighted by atomic mass is 16.6. The van der Waals surface area contributed by atoms with Crippen molar-refractivity contribution in [1.29, 1.82) is 0 Å². The van der Waals surface area contributed by atoms with Crippen LogP contribution in [0.4, 0.5) is 0 Å². The summed E-state index contributed by atoms with van der Waals surface area (Å²) >= 11 is 0. The molecule has 25 heavy (non-hydrogen) atoms. The van der Waals surface area contributed by atoms with E-state index in [1.165, 1.54) is 5.56 Å². The van der Waals surface area contributed by atoms with Crippen LogP contribution in [0, 0.1) is 17.8 Å². The number of nitrogens with zero attached hydrogens (tertiary/aromatic N) is 1. The molecule has 1 amide bonds. The van der Waals surface area contributed by atoms with Crippen LogP contribution in [0.15, 0.2) is 24.3 Å². The lowest BCUT2D eigenvalue weighted by atomic mass is 9.86. The summed E-state index contributed by atoms with van der Waals surface area (Å²) in [6.07, 6.45) is 0. The predicted octanol–water partition coefficient (Wildman–Crippen LogP) is 3.64. The molecule has 0 N–H and O–H groups in total. The van der Waals surface area contributed by atoms with Gasteiger partial charge in [0, 0.05) is 18.7 Å². The van der Waals surface area contributed by atoms with Gasteiger partial charge in [0.1, 0.15) is 5.60 Å². The Bertz CT molecular complexity index is 667. The lowest BCUT2D eigenvalue weighted by molar-refractivity contribution is -0.157. The van der Waals surface area contributed by atoms with Crippen molar-refractivity contribution in [3.05, 3.63) is 35.4 Å². The van der Waals surface area contributed by atoms with E-state index in [1.54, 1.807) is 0 Å². The van der Waals surface area contributed by atoms with Crippen LogP contribution in [0.25, 0.3) is 0 Å². The smallest absolute Gasteiger partial charge is 0.310 e. The monoisotopic (exact) mass is 343 g/mol. The fourth-order valence-corrected chi connectivity index (χ4v) is 3.71. The van der Waals surface area contributed by atoms with E-state index in [2.05, 4.69) is 20.8 Å². The van der Waals surface area contributed by atoms with Crippen LogP contribution in [0.5, 0.6) is 0 Å². The quantitative estimate of drug-likeness (QED) is 0.770. The summed E-state index contributed by atoms with van der Waals surface area (Å²) < 4.78 is 5.48. The van der Waals surface area contributed by atoms with Gasteiger partial charge in [0.15, 0.2) is 0 Å². The lowest BCUT2D eigenvalue weighted by Crippen LogP contribution is -2.34. The number of carbonyl (C=O) groups is 2. The lowest BCUT2D eigenvalue weighted by Gasteiger charge is -2.23. The van der Waals surface area contributed by atoms with Gasteiger partial charge in [0.25, 0.3) is 5.91 Å². The van der Waals surface area contributed by atoms with Crippen molar-refractivity contribution in [3.8, 4) is 0 Å². The third-order valence-electron chi connectivity index (χ3n) is 5.16. The van der Waals surface area contributed by atoms with E-state index in [-0.39, 0.29) is 35.0 Å². The van der Waals surface area contributed by atoms with Gasteiger partial charge in [-0.25, -0.2) is 0 Å². The topological polar surface area (TPSA) is 46.6 Å². The molecule has 0 spiro atoms. The van der Waals surface area contributed by atoms with E-state index in [0.717, 1.165) is 5.56 Å². The maximum atomic E-state index is 12.7. The zero-order valence-corrected chi connectivity index (χ0v) is 16.1. The van der Waals surface area contributed by atoms with Gasteiger partial charge in [-0.3, -0.25) is 9.59 Å². The maximum Gasteiger partial charge on any atom is 0.310 e. The number of fused-ring (bicyclic) bond motifs is 1. The van der Waals surface area contributed by atoms with E-state index in [4.69, 9.17) is 4.74 Å². The van der Waals surface area contributed by atoms with Crippen LogP contribution < -0.4 is 0 Å². The molecule has 1 aliphatic heterocycles. The van der Waals surface area contributed by atoms with Crippen LogP contribution in [0.2, 0.25) is 0 Å². The average molecular weight is 343 g/mol. The van der Waals surface area contributed by atoms with Gasteiger partial charge in [0.05, 0.1) is 5.92 Å². The Kier molecular flexibility index (Phi) is 4.21. The Labute approximate surface area is 150 Å². The minimum Gasteiger partial charge on any atom is -0.460 e. The molecule has 3 rings (SSSR count). The minimum atomic E-state index is -0.446. The highest BCUT2D eigenvalue weighted by molar-refractivity contribution is 5.95. The molecule has 136 valence electrons. The minimum absolute atomic E-state index is 0.0217. The Hall–Kier alpha value is -1.84. The number of esters is 1. The molecule has 4 nitrogen and oxygen atoms in total. The van der Waals surface area contributed by atoms with Gasteiger partial charge in [-0.15, -0.1) is 0 Å². The number of hydrogen-bond donors (Lipinski definition) is 0. The fourth-order valence-electron chi connectivity index (χ4n) is 3.71. The van der Waals surface area contributed by atoms with Gasteiger partial charge < -0.3 is 9.64 Å². The van der Waals surface area contributed by atoms with Gasteiger partial charge in [-0.05, 0) is 55.7 Å². The number of amides is 1. The van der Waals surface area contributed by atoms with E-state index in [9.17, 15) is 9.59 Å². The molecule has 0 aromatic heterocycles. The number of likely N-dealkylation sites (tertiary alicyclic amines) is 1. The van der Waals surface area contributed by atoms with E-state index >= 15 is 0 Å². The zero-order valence-electron chi connectivity index (χ0n) is 16.1. The fraction of sp³-hybridized carbons (Fsp3) is 0.619. The third-order valence-corrected chi connectivity index (χ3v) is 5.16. The molecular formula is C21H29NO3. The van der Waals surface area contributed by atoms with Crippen LogP contribution in [0.1, 0.15) is 57.5 Å². The summed E-state index contributed by atoms with van der Waals surface area (Å²) in [6, 6.07) is 7.90. The van der Waals surface area contributed by atoms with Crippen molar-refractivity contribution >= 4 is 11.9 Å². The molecule has 1 heterocycles. The molecule has 3 atom stereocenters. The van der Waals surface area contributed by atoms with Crippen LogP contribution in [0.3, 0.4) is 0 Å². The van der Waals surface area contributed by atoms with Crippen molar-refractivity contribution < 1.29 is 14.3 Å². The number of benzene rings is 1. The standard InChI is InChI=1S/C21H29NO3/c1-20(2,3)14-9-7-13(8-10-14)18(23)22-11-15-16(12-22)17(15)19(24)25-21(4,5)6/h7-10,15-17H,11-12H2,1-6H3/t15-,16?,17?/m0/s1. The Morgan fingerprint density at radius 2 is 1.48 bits per heavy atom. The Morgan fingerprint density at radius 3 is 1.92 bits per heavy atom. The Morgan fingerprint density at radius 1 is 0.960 bits per heavy atom. The van der Waals surface area contributed by atoms with Crippen molar-refractivity contribution in [3.63, 3.8) is 0 Å². The van der Waals surface area contributed by atoms with Gasteiger partial charge >= 0.3 is 5.97 Å². The predicted molar refractivity (Wildman–Crippen MR) is 97.4 cm³/mol. The number of ether oxygens (including phenoxy) is 1. The molecule has 0 bridgehead atoms. The first-order valence-corrected chi connectivity index (χ1v) is 9.10. The first-order valence-electron chi connectivity index (χ1n) is 9.10. The number of hydrogen-bond acceptors (Lipinski definition) is 3. The first kappa shape index (κ1) is 18.0. The molecule has 1 saturated heterocycles. The first-order chi connectivity index (χ1) is 11.5. The van der Waals surface area contributed by atoms with Crippen LogP contribution in [-0.4, -0.2) is 35.5 Å². The molecular weight excluding hydrogens is 314 g/mol. The summed E-state index contributed by atoms with van der Waals surface area (Å²) in [4.78, 5) is 26.8. The second-order valence-corrected chi connectivity index (χ2v) is 9.42. The van der Waals surface area contributed by atoms with Crippen LogP contribution in [-0.2, 0) is 14.9 Å². The largest absolute Gasteiger partial charge is 0.460 e. The molecule has 2 unspecified atom stereocenters. The van der Waals surface area contributed by atoms with E-state index in [0.29, 0.717) is 13.1 Å². The van der Waals surface area contributed by atoms with Gasteiger partial charge in [0.2, 0.25) is 0 Å². The average Bonchev–Trinajstić information content (AvgIpc) is 2.99. The molecule has 1 aliphatic carbocycles. The van der Waals surface area contributed by atoms with Crippen LogP contribution >= 0.6 is 0 Å². The molecule has 4 heteroatoms. The highest BCUT2D eigenvalue weighted by Crippen LogP contribution is 2.52. The third kappa shape index (κ3) is 3.73. The second-order valence-electron chi connectivity index (χ2n) is 9.42.